The van der Waals surface area contributed by atoms with Crippen molar-refractivity contribution in [1.29, 1.82) is 5.26 Å². The van der Waals surface area contributed by atoms with E-state index in [2.05, 4.69) is 10.8 Å². The number of nitriles is 1. The van der Waals surface area contributed by atoms with Gasteiger partial charge in [0.1, 0.15) is 5.75 Å². The van der Waals surface area contributed by atoms with Crippen molar-refractivity contribution in [3.8, 4) is 22.9 Å². The summed E-state index contributed by atoms with van der Waals surface area (Å²) in [6.45, 7) is 0. The van der Waals surface area contributed by atoms with Crippen molar-refractivity contribution in [1.82, 2.24) is 0 Å². The topological polar surface area (TPSA) is 33.0 Å². The molecule has 0 saturated carbocycles. The first-order valence-corrected chi connectivity index (χ1v) is 8.37. The Bertz CT molecular complexity index is 939. The van der Waals surface area contributed by atoms with Crippen LogP contribution in [0.25, 0.3) is 11.1 Å². The van der Waals surface area contributed by atoms with Crippen LogP contribution in [-0.2, 0) is 12.8 Å². The molecule has 0 aliphatic rings. The fourth-order valence-electron chi connectivity index (χ4n) is 2.77. The molecule has 27 heavy (non-hydrogen) atoms. The summed E-state index contributed by atoms with van der Waals surface area (Å²) in [6, 6.07) is 23.2. The smallest absolute Gasteiger partial charge is 0.406 e. The SMILES string of the molecule is N#Cc1ccc(CCc2ccc(-c3cccc(OC(F)(F)F)c3)cc2)cc1. The largest absolute Gasteiger partial charge is 0.573 e. The number of halogens is 3. The van der Waals surface area contributed by atoms with Crippen LogP contribution in [0.1, 0.15) is 16.7 Å². The normalized spacial score (nSPS) is 11.0. The number of hydrogen-bond donors (Lipinski definition) is 0. The second-order valence-electron chi connectivity index (χ2n) is 6.08. The van der Waals surface area contributed by atoms with Crippen LogP contribution in [0, 0.1) is 11.3 Å². The second kappa shape index (κ2) is 7.96. The van der Waals surface area contributed by atoms with Crippen LogP contribution in [0.15, 0.2) is 72.8 Å². The number of alkyl halides is 3. The van der Waals surface area contributed by atoms with E-state index in [1.807, 2.05) is 36.4 Å². The minimum Gasteiger partial charge on any atom is -0.406 e. The molecule has 3 aromatic rings. The zero-order chi connectivity index (χ0) is 19.3. The van der Waals surface area contributed by atoms with Crippen molar-refractivity contribution in [3.05, 3.63) is 89.5 Å². The molecule has 0 aromatic heterocycles. The van der Waals surface area contributed by atoms with Gasteiger partial charge < -0.3 is 4.74 Å². The Morgan fingerprint density at radius 3 is 1.93 bits per heavy atom. The van der Waals surface area contributed by atoms with Gasteiger partial charge in [-0.1, -0.05) is 48.5 Å². The van der Waals surface area contributed by atoms with Gasteiger partial charge in [0.05, 0.1) is 11.6 Å². The van der Waals surface area contributed by atoms with E-state index in [0.29, 0.717) is 11.1 Å². The number of rotatable bonds is 5. The molecule has 0 saturated heterocycles. The average Bonchev–Trinajstić information content (AvgIpc) is 2.66. The summed E-state index contributed by atoms with van der Waals surface area (Å²) < 4.78 is 41.0. The fraction of sp³-hybridized carbons (Fsp3) is 0.136. The first-order chi connectivity index (χ1) is 12.9. The minimum absolute atomic E-state index is 0.232. The highest BCUT2D eigenvalue weighted by atomic mass is 19.4. The van der Waals surface area contributed by atoms with Crippen LogP contribution in [0.4, 0.5) is 13.2 Å². The first-order valence-electron chi connectivity index (χ1n) is 8.37. The molecule has 0 heterocycles. The lowest BCUT2D eigenvalue weighted by molar-refractivity contribution is -0.274. The van der Waals surface area contributed by atoms with E-state index in [9.17, 15) is 13.2 Å². The number of ether oxygens (including phenoxy) is 1. The van der Waals surface area contributed by atoms with Gasteiger partial charge in [-0.3, -0.25) is 0 Å². The van der Waals surface area contributed by atoms with Gasteiger partial charge in [0.25, 0.3) is 0 Å². The Labute approximate surface area is 155 Å². The summed E-state index contributed by atoms with van der Waals surface area (Å²) in [7, 11) is 0. The lowest BCUT2D eigenvalue weighted by Crippen LogP contribution is -2.17. The Kier molecular flexibility index (Phi) is 5.46. The van der Waals surface area contributed by atoms with Crippen LogP contribution in [-0.4, -0.2) is 6.36 Å². The lowest BCUT2D eigenvalue weighted by Gasteiger charge is -2.10. The van der Waals surface area contributed by atoms with Crippen LogP contribution in [0.2, 0.25) is 0 Å². The average molecular weight is 367 g/mol. The number of aryl methyl sites for hydroxylation is 2. The summed E-state index contributed by atoms with van der Waals surface area (Å²) in [6.07, 6.45) is -3.02. The zero-order valence-corrected chi connectivity index (χ0v) is 14.3. The molecule has 0 fully saturated rings. The maximum absolute atomic E-state index is 12.4. The monoisotopic (exact) mass is 367 g/mol. The van der Waals surface area contributed by atoms with Gasteiger partial charge in [-0.25, -0.2) is 0 Å². The van der Waals surface area contributed by atoms with Crippen molar-refractivity contribution in [2.24, 2.45) is 0 Å². The lowest BCUT2D eigenvalue weighted by atomic mass is 10.00. The summed E-state index contributed by atoms with van der Waals surface area (Å²) in [4.78, 5) is 0. The molecule has 0 aliphatic carbocycles. The van der Waals surface area contributed by atoms with E-state index in [1.165, 1.54) is 18.2 Å². The maximum Gasteiger partial charge on any atom is 0.573 e. The van der Waals surface area contributed by atoms with Crippen LogP contribution >= 0.6 is 0 Å². The molecular formula is C22H16F3NO. The Hall–Kier alpha value is -3.26. The third kappa shape index (κ3) is 5.35. The third-order valence-corrected chi connectivity index (χ3v) is 4.14. The Morgan fingerprint density at radius 1 is 0.778 bits per heavy atom. The number of hydrogen-bond acceptors (Lipinski definition) is 2. The van der Waals surface area contributed by atoms with Gasteiger partial charge in [-0.05, 0) is 59.4 Å². The highest BCUT2D eigenvalue weighted by molar-refractivity contribution is 5.65. The maximum atomic E-state index is 12.4. The van der Waals surface area contributed by atoms with Gasteiger partial charge in [0.2, 0.25) is 0 Å². The van der Waals surface area contributed by atoms with Gasteiger partial charge in [0.15, 0.2) is 0 Å². The summed E-state index contributed by atoms with van der Waals surface area (Å²) in [5.74, 6) is -0.232. The van der Waals surface area contributed by atoms with E-state index >= 15 is 0 Å². The van der Waals surface area contributed by atoms with Crippen molar-refractivity contribution in [3.63, 3.8) is 0 Å². The van der Waals surface area contributed by atoms with Crippen LogP contribution < -0.4 is 4.74 Å². The zero-order valence-electron chi connectivity index (χ0n) is 14.3. The highest BCUT2D eigenvalue weighted by Crippen LogP contribution is 2.28. The minimum atomic E-state index is -4.70. The number of nitrogens with zero attached hydrogens (tertiary/aromatic N) is 1. The molecule has 0 amide bonds. The highest BCUT2D eigenvalue weighted by Gasteiger charge is 2.31. The van der Waals surface area contributed by atoms with Gasteiger partial charge in [0, 0.05) is 0 Å². The molecule has 3 aromatic carbocycles. The van der Waals surface area contributed by atoms with Crippen LogP contribution in [0.5, 0.6) is 5.75 Å². The summed E-state index contributed by atoms with van der Waals surface area (Å²) in [5, 5.41) is 8.82. The predicted octanol–water partition coefficient (Wildman–Crippen LogP) is 5.91. The molecule has 3 rings (SSSR count). The van der Waals surface area contributed by atoms with Gasteiger partial charge >= 0.3 is 6.36 Å². The van der Waals surface area contributed by atoms with Crippen molar-refractivity contribution in [2.45, 2.75) is 19.2 Å². The molecule has 0 aliphatic heterocycles. The van der Waals surface area contributed by atoms with E-state index in [0.717, 1.165) is 29.5 Å². The summed E-state index contributed by atoms with van der Waals surface area (Å²) >= 11 is 0. The molecule has 0 atom stereocenters. The molecule has 0 radical (unpaired) electrons. The predicted molar refractivity (Wildman–Crippen MR) is 97.1 cm³/mol. The van der Waals surface area contributed by atoms with Crippen LogP contribution in [0.3, 0.4) is 0 Å². The standard InChI is InChI=1S/C22H16F3NO/c23-22(24,25)27-21-3-1-2-20(14-21)19-12-10-17(11-13-19)5-4-16-6-8-18(15-26)9-7-16/h1-3,6-14H,4-5H2. The first kappa shape index (κ1) is 18.5. The van der Waals surface area contributed by atoms with Crippen molar-refractivity contribution in [2.75, 3.05) is 0 Å². The molecule has 5 heteroatoms. The van der Waals surface area contributed by atoms with Crippen molar-refractivity contribution >= 4 is 0 Å². The molecule has 136 valence electrons. The number of benzene rings is 3. The molecule has 0 unspecified atom stereocenters. The molecular weight excluding hydrogens is 351 g/mol. The van der Waals surface area contributed by atoms with Gasteiger partial charge in [-0.15, -0.1) is 13.2 Å². The summed E-state index contributed by atoms with van der Waals surface area (Å²) in [5.41, 5.74) is 4.40. The molecule has 0 bridgehead atoms. The van der Waals surface area contributed by atoms with E-state index in [1.54, 1.807) is 18.2 Å². The van der Waals surface area contributed by atoms with E-state index in [4.69, 9.17) is 5.26 Å². The fourth-order valence-corrected chi connectivity index (χ4v) is 2.77. The molecule has 0 N–H and O–H groups in total. The quantitative estimate of drug-likeness (QED) is 0.562. The van der Waals surface area contributed by atoms with E-state index in [-0.39, 0.29) is 5.75 Å². The third-order valence-electron chi connectivity index (χ3n) is 4.14. The van der Waals surface area contributed by atoms with E-state index < -0.39 is 6.36 Å². The Morgan fingerprint density at radius 2 is 1.37 bits per heavy atom. The van der Waals surface area contributed by atoms with Crippen molar-refractivity contribution < 1.29 is 17.9 Å². The molecule has 0 spiro atoms. The molecule has 2 nitrogen and oxygen atoms in total. The Balaban J connectivity index is 1.66. The van der Waals surface area contributed by atoms with Gasteiger partial charge in [-0.2, -0.15) is 5.26 Å². The second-order valence-corrected chi connectivity index (χ2v) is 6.08.